The molecule has 2 heterocycles. The molecule has 0 aliphatic carbocycles. The Morgan fingerprint density at radius 3 is 3.00 bits per heavy atom. The first kappa shape index (κ1) is 11.9. The second kappa shape index (κ2) is 5.24. The lowest BCUT2D eigenvalue weighted by molar-refractivity contribution is 0.416. The fraction of sp³-hybridized carbons (Fsp3) is 0.286. The maximum Gasteiger partial charge on any atom is 0.209 e. The van der Waals surface area contributed by atoms with Gasteiger partial charge >= 0.3 is 0 Å². The van der Waals surface area contributed by atoms with Gasteiger partial charge in [0.1, 0.15) is 5.52 Å². The van der Waals surface area contributed by atoms with Crippen molar-refractivity contribution in [3.8, 4) is 0 Å². The van der Waals surface area contributed by atoms with Gasteiger partial charge in [-0.3, -0.25) is 4.68 Å². The van der Waals surface area contributed by atoms with Gasteiger partial charge in [-0.1, -0.05) is 12.1 Å². The minimum Gasteiger partial charge on any atom is -0.439 e. The summed E-state index contributed by atoms with van der Waals surface area (Å²) in [6.07, 6.45) is 3.74. The molecule has 0 radical (unpaired) electrons. The summed E-state index contributed by atoms with van der Waals surface area (Å²) in [5.41, 5.74) is 1.73. The number of hydrogen-bond acceptors (Lipinski definition) is 4. The summed E-state index contributed by atoms with van der Waals surface area (Å²) in [5, 5.41) is 7.56. The third kappa shape index (κ3) is 2.82. The molecular weight excluding hydrogens is 240 g/mol. The molecule has 0 bridgehead atoms. The van der Waals surface area contributed by atoms with Crippen molar-refractivity contribution in [1.82, 2.24) is 20.1 Å². The number of benzene rings is 1. The van der Waals surface area contributed by atoms with E-state index in [4.69, 9.17) is 4.42 Å². The number of nitrogens with zero attached hydrogens (tertiary/aromatic N) is 3. The van der Waals surface area contributed by atoms with E-state index in [1.165, 1.54) is 0 Å². The number of rotatable bonds is 5. The van der Waals surface area contributed by atoms with Crippen molar-refractivity contribution in [3.63, 3.8) is 0 Å². The van der Waals surface area contributed by atoms with Crippen molar-refractivity contribution in [3.05, 3.63) is 48.6 Å². The minimum absolute atomic E-state index is 0.301. The Balaban J connectivity index is 1.59. The lowest BCUT2D eigenvalue weighted by atomic mass is 10.3. The largest absolute Gasteiger partial charge is 0.439 e. The lowest BCUT2D eigenvalue weighted by Crippen LogP contribution is -2.30. The maximum atomic E-state index is 5.66. The summed E-state index contributed by atoms with van der Waals surface area (Å²) >= 11 is 0. The molecule has 3 aromatic rings. The fourth-order valence-electron chi connectivity index (χ4n) is 2.01. The molecule has 98 valence electrons. The highest BCUT2D eigenvalue weighted by Gasteiger charge is 2.07. The number of nitrogens with one attached hydrogen (secondary N) is 1. The van der Waals surface area contributed by atoms with E-state index in [2.05, 4.69) is 22.3 Å². The Bertz CT molecular complexity index is 611. The van der Waals surface area contributed by atoms with Crippen molar-refractivity contribution >= 4 is 11.1 Å². The van der Waals surface area contributed by atoms with Crippen LogP contribution >= 0.6 is 0 Å². The van der Waals surface area contributed by atoms with Crippen molar-refractivity contribution in [1.29, 1.82) is 0 Å². The van der Waals surface area contributed by atoms with E-state index in [0.29, 0.717) is 18.5 Å². The van der Waals surface area contributed by atoms with Gasteiger partial charge in [-0.25, -0.2) is 4.98 Å². The molecule has 2 aromatic heterocycles. The molecule has 1 atom stereocenters. The summed E-state index contributed by atoms with van der Waals surface area (Å²) < 4.78 is 7.56. The van der Waals surface area contributed by atoms with Crippen LogP contribution in [0.25, 0.3) is 11.1 Å². The van der Waals surface area contributed by atoms with Crippen LogP contribution in [0.5, 0.6) is 0 Å². The van der Waals surface area contributed by atoms with Gasteiger partial charge in [0.25, 0.3) is 0 Å². The molecule has 3 rings (SSSR count). The zero-order chi connectivity index (χ0) is 13.1. The summed E-state index contributed by atoms with van der Waals surface area (Å²) in [4.78, 5) is 4.43. The number of para-hydroxylation sites is 2. The second-order valence-electron chi connectivity index (χ2n) is 4.59. The van der Waals surface area contributed by atoms with Gasteiger partial charge in [0.2, 0.25) is 5.89 Å². The Morgan fingerprint density at radius 1 is 1.32 bits per heavy atom. The summed E-state index contributed by atoms with van der Waals surface area (Å²) in [7, 11) is 0. The monoisotopic (exact) mass is 256 g/mol. The molecule has 0 saturated carbocycles. The quantitative estimate of drug-likeness (QED) is 0.760. The van der Waals surface area contributed by atoms with E-state index >= 15 is 0 Å². The van der Waals surface area contributed by atoms with Crippen LogP contribution in [0.4, 0.5) is 0 Å². The van der Waals surface area contributed by atoms with Crippen LogP contribution in [0, 0.1) is 0 Å². The van der Waals surface area contributed by atoms with E-state index in [-0.39, 0.29) is 0 Å². The SMILES string of the molecule is CC(Cn1cccn1)NCc1nc2ccccc2o1. The highest BCUT2D eigenvalue weighted by atomic mass is 16.3. The molecule has 0 saturated heterocycles. The average molecular weight is 256 g/mol. The number of aromatic nitrogens is 3. The average Bonchev–Trinajstić information content (AvgIpc) is 3.04. The first-order valence-electron chi connectivity index (χ1n) is 6.36. The van der Waals surface area contributed by atoms with Gasteiger partial charge in [-0.2, -0.15) is 5.10 Å². The number of hydrogen-bond donors (Lipinski definition) is 1. The van der Waals surface area contributed by atoms with Crippen molar-refractivity contribution < 1.29 is 4.42 Å². The van der Waals surface area contributed by atoms with Crippen LogP contribution in [0.2, 0.25) is 0 Å². The number of fused-ring (bicyclic) bond motifs is 1. The molecule has 19 heavy (non-hydrogen) atoms. The van der Waals surface area contributed by atoms with Crippen LogP contribution in [-0.2, 0) is 13.1 Å². The standard InChI is InChI=1S/C14H16N4O/c1-11(10-18-8-4-7-16-18)15-9-14-17-12-5-2-3-6-13(12)19-14/h2-8,11,15H,9-10H2,1H3. The predicted molar refractivity (Wildman–Crippen MR) is 72.5 cm³/mol. The van der Waals surface area contributed by atoms with Gasteiger partial charge in [0, 0.05) is 18.4 Å². The fourth-order valence-corrected chi connectivity index (χ4v) is 2.01. The molecule has 1 aromatic carbocycles. The predicted octanol–water partition coefficient (Wildman–Crippen LogP) is 2.20. The molecule has 5 heteroatoms. The summed E-state index contributed by atoms with van der Waals surface area (Å²) in [6, 6.07) is 10.0. The van der Waals surface area contributed by atoms with E-state index in [1.54, 1.807) is 6.20 Å². The Hall–Kier alpha value is -2.14. The molecule has 1 N–H and O–H groups in total. The van der Waals surface area contributed by atoms with Crippen LogP contribution in [0.1, 0.15) is 12.8 Å². The highest BCUT2D eigenvalue weighted by Crippen LogP contribution is 2.14. The summed E-state index contributed by atoms with van der Waals surface area (Å²) in [6.45, 7) is 3.56. The maximum absolute atomic E-state index is 5.66. The molecule has 0 fully saturated rings. The van der Waals surface area contributed by atoms with Gasteiger partial charge in [-0.15, -0.1) is 0 Å². The minimum atomic E-state index is 0.301. The van der Waals surface area contributed by atoms with Crippen molar-refractivity contribution in [2.75, 3.05) is 0 Å². The first-order valence-corrected chi connectivity index (χ1v) is 6.36. The van der Waals surface area contributed by atoms with E-state index in [0.717, 1.165) is 17.6 Å². The first-order chi connectivity index (χ1) is 9.31. The zero-order valence-electron chi connectivity index (χ0n) is 10.8. The lowest BCUT2D eigenvalue weighted by Gasteiger charge is -2.12. The molecular formula is C14H16N4O. The van der Waals surface area contributed by atoms with Crippen molar-refractivity contribution in [2.24, 2.45) is 0 Å². The van der Waals surface area contributed by atoms with Gasteiger partial charge in [0.15, 0.2) is 5.58 Å². The topological polar surface area (TPSA) is 55.9 Å². The molecule has 5 nitrogen and oxygen atoms in total. The van der Waals surface area contributed by atoms with E-state index < -0.39 is 0 Å². The van der Waals surface area contributed by atoms with Crippen molar-refractivity contribution in [2.45, 2.75) is 26.1 Å². The molecule has 0 aliphatic heterocycles. The summed E-state index contributed by atoms with van der Waals surface area (Å²) in [5.74, 6) is 0.716. The van der Waals surface area contributed by atoms with Crippen LogP contribution in [0.3, 0.4) is 0 Å². The van der Waals surface area contributed by atoms with E-state index in [9.17, 15) is 0 Å². The van der Waals surface area contributed by atoms with Crippen LogP contribution in [-0.4, -0.2) is 20.8 Å². The Morgan fingerprint density at radius 2 is 2.21 bits per heavy atom. The third-order valence-corrected chi connectivity index (χ3v) is 2.96. The van der Waals surface area contributed by atoms with Crippen LogP contribution in [0.15, 0.2) is 47.1 Å². The third-order valence-electron chi connectivity index (χ3n) is 2.96. The molecule has 1 unspecified atom stereocenters. The smallest absolute Gasteiger partial charge is 0.209 e. The molecule has 0 amide bonds. The van der Waals surface area contributed by atoms with Gasteiger partial charge < -0.3 is 9.73 Å². The number of oxazole rings is 1. The zero-order valence-corrected chi connectivity index (χ0v) is 10.8. The van der Waals surface area contributed by atoms with Gasteiger partial charge in [-0.05, 0) is 25.1 Å². The Kier molecular flexibility index (Phi) is 3.29. The second-order valence-corrected chi connectivity index (χ2v) is 4.59. The Labute approximate surface area is 111 Å². The van der Waals surface area contributed by atoms with Crippen LogP contribution < -0.4 is 5.32 Å². The molecule has 0 aliphatic rings. The molecule has 0 spiro atoms. The van der Waals surface area contributed by atoms with E-state index in [1.807, 2.05) is 41.2 Å². The highest BCUT2D eigenvalue weighted by molar-refractivity contribution is 5.72. The normalized spacial score (nSPS) is 12.9. The van der Waals surface area contributed by atoms with Gasteiger partial charge in [0.05, 0.1) is 13.1 Å².